The van der Waals surface area contributed by atoms with E-state index < -0.39 is 17.9 Å². The number of carboxylic acid groups (broad SMARTS) is 1. The van der Waals surface area contributed by atoms with E-state index in [-0.39, 0.29) is 5.92 Å². The van der Waals surface area contributed by atoms with E-state index >= 15 is 0 Å². The second kappa shape index (κ2) is 5.90. The van der Waals surface area contributed by atoms with Gasteiger partial charge in [-0.15, -0.1) is 5.10 Å². The fourth-order valence-electron chi connectivity index (χ4n) is 2.09. The third kappa shape index (κ3) is 3.01. The van der Waals surface area contributed by atoms with Crippen LogP contribution in [0.5, 0.6) is 0 Å². The number of hydrogen-bond acceptors (Lipinski definition) is 4. The van der Waals surface area contributed by atoms with Crippen molar-refractivity contribution in [2.45, 2.75) is 33.4 Å². The van der Waals surface area contributed by atoms with Gasteiger partial charge in [0.2, 0.25) is 0 Å². The van der Waals surface area contributed by atoms with Gasteiger partial charge in [-0.2, -0.15) is 0 Å². The number of carbonyl (C=O) groups is 2. The van der Waals surface area contributed by atoms with Crippen LogP contribution in [0.1, 0.15) is 31.1 Å². The lowest BCUT2D eigenvalue weighted by Gasteiger charge is -2.17. The van der Waals surface area contributed by atoms with E-state index in [4.69, 9.17) is 5.11 Å². The molecule has 0 aliphatic heterocycles. The minimum atomic E-state index is -1.05. The van der Waals surface area contributed by atoms with E-state index in [9.17, 15) is 9.59 Å². The third-order valence-corrected chi connectivity index (χ3v) is 3.29. The summed E-state index contributed by atoms with van der Waals surface area (Å²) in [6.45, 7) is 6.13. The van der Waals surface area contributed by atoms with Crippen LogP contribution in [-0.2, 0) is 11.3 Å². The van der Waals surface area contributed by atoms with Crippen molar-refractivity contribution < 1.29 is 14.7 Å². The molecule has 0 aliphatic rings. The summed E-state index contributed by atoms with van der Waals surface area (Å²) >= 11 is 0. The number of benzene rings is 1. The highest BCUT2D eigenvalue weighted by Crippen LogP contribution is 2.14. The van der Waals surface area contributed by atoms with E-state index in [2.05, 4.69) is 15.6 Å². The number of hydrogen-bond donors (Lipinski definition) is 2. The van der Waals surface area contributed by atoms with E-state index in [1.165, 1.54) is 0 Å². The molecule has 0 saturated heterocycles. The average Bonchev–Trinajstić information content (AvgIpc) is 2.85. The standard InChI is InChI=1S/C14H18N4O3/c1-4-18-11-6-5-9(7-10(11)16-17-18)13(19)15-12(8(2)3)14(20)21/h5-8,12H,4H2,1-3H3,(H,15,19)(H,20,21). The Bertz CT molecular complexity index is 678. The molecule has 7 heteroatoms. The smallest absolute Gasteiger partial charge is 0.326 e. The van der Waals surface area contributed by atoms with Crippen molar-refractivity contribution in [2.75, 3.05) is 0 Å². The van der Waals surface area contributed by atoms with Crippen LogP contribution < -0.4 is 5.32 Å². The van der Waals surface area contributed by atoms with Crippen molar-refractivity contribution >= 4 is 22.9 Å². The van der Waals surface area contributed by atoms with Gasteiger partial charge in [-0.25, -0.2) is 9.48 Å². The maximum Gasteiger partial charge on any atom is 0.326 e. The minimum Gasteiger partial charge on any atom is -0.480 e. The summed E-state index contributed by atoms with van der Waals surface area (Å²) in [5.74, 6) is -1.67. The summed E-state index contributed by atoms with van der Waals surface area (Å²) in [6.07, 6.45) is 0. The Hall–Kier alpha value is -2.44. The number of carbonyl (C=O) groups excluding carboxylic acids is 1. The number of nitrogens with one attached hydrogen (secondary N) is 1. The Balaban J connectivity index is 2.25. The summed E-state index contributed by atoms with van der Waals surface area (Å²) in [7, 11) is 0. The predicted molar refractivity (Wildman–Crippen MR) is 76.9 cm³/mol. The second-order valence-electron chi connectivity index (χ2n) is 5.14. The molecule has 2 aromatic rings. The highest BCUT2D eigenvalue weighted by atomic mass is 16.4. The van der Waals surface area contributed by atoms with Crippen molar-refractivity contribution in [3.63, 3.8) is 0 Å². The van der Waals surface area contributed by atoms with Crippen LogP contribution in [0.3, 0.4) is 0 Å². The Labute approximate surface area is 121 Å². The first-order valence-electron chi connectivity index (χ1n) is 6.81. The number of aliphatic carboxylic acids is 1. The van der Waals surface area contributed by atoms with E-state index in [1.807, 2.05) is 6.92 Å². The molecule has 0 fully saturated rings. The predicted octanol–water partition coefficient (Wildman–Crippen LogP) is 1.29. The number of aryl methyl sites for hydroxylation is 1. The SMILES string of the molecule is CCn1nnc2cc(C(=O)NC(C(=O)O)C(C)C)ccc21. The first-order valence-corrected chi connectivity index (χ1v) is 6.81. The highest BCUT2D eigenvalue weighted by Gasteiger charge is 2.24. The first-order chi connectivity index (χ1) is 9.93. The van der Waals surface area contributed by atoms with Crippen molar-refractivity contribution in [3.05, 3.63) is 23.8 Å². The normalized spacial score (nSPS) is 12.6. The largest absolute Gasteiger partial charge is 0.480 e. The fraction of sp³-hybridized carbons (Fsp3) is 0.429. The maximum atomic E-state index is 12.2. The van der Waals surface area contributed by atoms with Crippen LogP contribution in [0.25, 0.3) is 11.0 Å². The molecular formula is C14H18N4O3. The molecule has 0 bridgehead atoms. The van der Waals surface area contributed by atoms with Gasteiger partial charge in [0, 0.05) is 12.1 Å². The van der Waals surface area contributed by atoms with E-state index in [1.54, 1.807) is 36.7 Å². The second-order valence-corrected chi connectivity index (χ2v) is 5.14. The molecule has 2 rings (SSSR count). The van der Waals surface area contributed by atoms with Gasteiger partial charge < -0.3 is 10.4 Å². The minimum absolute atomic E-state index is 0.198. The Morgan fingerprint density at radius 2 is 2.10 bits per heavy atom. The number of fused-ring (bicyclic) bond motifs is 1. The summed E-state index contributed by atoms with van der Waals surface area (Å²) in [4.78, 5) is 23.3. The molecule has 0 spiro atoms. The van der Waals surface area contributed by atoms with Gasteiger partial charge >= 0.3 is 5.97 Å². The maximum absolute atomic E-state index is 12.2. The lowest BCUT2D eigenvalue weighted by atomic mass is 10.0. The van der Waals surface area contributed by atoms with Crippen LogP contribution in [0.15, 0.2) is 18.2 Å². The third-order valence-electron chi connectivity index (χ3n) is 3.29. The van der Waals surface area contributed by atoms with Crippen LogP contribution in [0, 0.1) is 5.92 Å². The first kappa shape index (κ1) is 15.0. The lowest BCUT2D eigenvalue weighted by Crippen LogP contribution is -2.44. The van der Waals surface area contributed by atoms with Crippen LogP contribution >= 0.6 is 0 Å². The van der Waals surface area contributed by atoms with Gasteiger partial charge in [-0.3, -0.25) is 4.79 Å². The van der Waals surface area contributed by atoms with Gasteiger partial charge in [0.15, 0.2) is 0 Å². The summed E-state index contributed by atoms with van der Waals surface area (Å²) in [6, 6.07) is 4.11. The van der Waals surface area contributed by atoms with Crippen LogP contribution in [0.4, 0.5) is 0 Å². The van der Waals surface area contributed by atoms with Gasteiger partial charge in [0.05, 0.1) is 5.52 Å². The molecule has 21 heavy (non-hydrogen) atoms. The topological polar surface area (TPSA) is 97.1 Å². The Morgan fingerprint density at radius 3 is 2.67 bits per heavy atom. The molecule has 0 aliphatic carbocycles. The molecular weight excluding hydrogens is 272 g/mol. The van der Waals surface area contributed by atoms with E-state index in [0.717, 1.165) is 5.52 Å². The van der Waals surface area contributed by atoms with Gasteiger partial charge in [0.25, 0.3) is 5.91 Å². The average molecular weight is 290 g/mol. The van der Waals surface area contributed by atoms with E-state index in [0.29, 0.717) is 17.6 Å². The van der Waals surface area contributed by atoms with Gasteiger partial charge in [-0.05, 0) is 31.0 Å². The lowest BCUT2D eigenvalue weighted by molar-refractivity contribution is -0.140. The Kier molecular flexibility index (Phi) is 4.21. The molecule has 0 saturated carbocycles. The van der Waals surface area contributed by atoms with Crippen molar-refractivity contribution in [2.24, 2.45) is 5.92 Å². The van der Waals surface area contributed by atoms with Crippen molar-refractivity contribution in [1.29, 1.82) is 0 Å². The fourth-order valence-corrected chi connectivity index (χ4v) is 2.09. The number of amides is 1. The molecule has 1 amide bonds. The molecule has 1 atom stereocenters. The van der Waals surface area contributed by atoms with Crippen LogP contribution in [-0.4, -0.2) is 38.0 Å². The molecule has 1 aromatic carbocycles. The van der Waals surface area contributed by atoms with Crippen molar-refractivity contribution in [1.82, 2.24) is 20.3 Å². The van der Waals surface area contributed by atoms with Gasteiger partial charge in [0.1, 0.15) is 11.6 Å². The zero-order valence-corrected chi connectivity index (χ0v) is 12.2. The molecule has 1 aromatic heterocycles. The zero-order chi connectivity index (χ0) is 15.6. The highest BCUT2D eigenvalue weighted by molar-refractivity contribution is 5.99. The van der Waals surface area contributed by atoms with Crippen LogP contribution in [0.2, 0.25) is 0 Å². The zero-order valence-electron chi connectivity index (χ0n) is 12.2. The molecule has 2 N–H and O–H groups in total. The molecule has 1 heterocycles. The number of aromatic nitrogens is 3. The number of carboxylic acids is 1. The summed E-state index contributed by atoms with van der Waals surface area (Å²) in [5.41, 5.74) is 1.83. The van der Waals surface area contributed by atoms with Gasteiger partial charge in [-0.1, -0.05) is 19.1 Å². The summed E-state index contributed by atoms with van der Waals surface area (Å²) < 4.78 is 1.73. The Morgan fingerprint density at radius 1 is 1.38 bits per heavy atom. The summed E-state index contributed by atoms with van der Waals surface area (Å²) in [5, 5.41) is 19.6. The van der Waals surface area contributed by atoms with Crippen molar-refractivity contribution in [3.8, 4) is 0 Å². The molecule has 1 unspecified atom stereocenters. The molecule has 112 valence electrons. The molecule has 0 radical (unpaired) electrons. The molecule has 7 nitrogen and oxygen atoms in total. The number of rotatable bonds is 5. The quantitative estimate of drug-likeness (QED) is 0.864. The monoisotopic (exact) mass is 290 g/mol. The number of nitrogens with zero attached hydrogens (tertiary/aromatic N) is 3.